The van der Waals surface area contributed by atoms with Crippen molar-refractivity contribution in [2.24, 2.45) is 0 Å². The second-order valence-corrected chi connectivity index (χ2v) is 9.61. The van der Waals surface area contributed by atoms with Crippen molar-refractivity contribution in [1.82, 2.24) is 5.32 Å². The van der Waals surface area contributed by atoms with Crippen LogP contribution in [0.15, 0.2) is 48.5 Å². The number of benzene rings is 2. The van der Waals surface area contributed by atoms with Crippen LogP contribution in [0.25, 0.3) is 0 Å². The van der Waals surface area contributed by atoms with Crippen molar-refractivity contribution in [2.45, 2.75) is 5.75 Å². The Morgan fingerprint density at radius 1 is 1.15 bits per heavy atom. The molecule has 5 nitrogen and oxygen atoms in total. The first-order valence-corrected chi connectivity index (χ1v) is 11.8. The fraction of sp³-hybridized carbons (Fsp3) is 0.278. The predicted octanol–water partition coefficient (Wildman–Crippen LogP) is 3.81. The Morgan fingerprint density at radius 3 is 2.48 bits per heavy atom. The van der Waals surface area contributed by atoms with Gasteiger partial charge in [0.1, 0.15) is 6.54 Å². The average molecular weight is 447 g/mol. The minimum absolute atomic E-state index is 0.166. The van der Waals surface area contributed by atoms with Crippen LogP contribution in [0.1, 0.15) is 5.56 Å². The average Bonchev–Trinajstić information content (AvgIpc) is 2.60. The van der Waals surface area contributed by atoms with Gasteiger partial charge in [-0.15, -0.1) is 0 Å². The van der Waals surface area contributed by atoms with Gasteiger partial charge in [-0.25, -0.2) is 8.42 Å². The van der Waals surface area contributed by atoms with Crippen molar-refractivity contribution >= 4 is 56.6 Å². The number of nitrogens with zero attached hydrogens (tertiary/aromatic N) is 1. The molecular formula is C18H20Cl2N2O3S2. The number of anilines is 1. The number of hydrogen-bond donors (Lipinski definition) is 1. The van der Waals surface area contributed by atoms with Crippen LogP contribution < -0.4 is 9.62 Å². The van der Waals surface area contributed by atoms with Crippen molar-refractivity contribution in [1.29, 1.82) is 0 Å². The Kier molecular flexibility index (Phi) is 8.28. The first kappa shape index (κ1) is 21.9. The van der Waals surface area contributed by atoms with E-state index in [9.17, 15) is 13.2 Å². The molecule has 2 rings (SSSR count). The maximum atomic E-state index is 12.2. The third-order valence-electron chi connectivity index (χ3n) is 3.55. The lowest BCUT2D eigenvalue weighted by atomic mass is 10.2. The Morgan fingerprint density at radius 2 is 1.85 bits per heavy atom. The topological polar surface area (TPSA) is 66.5 Å². The molecule has 0 bridgehead atoms. The van der Waals surface area contributed by atoms with Gasteiger partial charge in [-0.05, 0) is 23.8 Å². The molecule has 0 spiro atoms. The van der Waals surface area contributed by atoms with Gasteiger partial charge >= 0.3 is 0 Å². The van der Waals surface area contributed by atoms with E-state index in [4.69, 9.17) is 23.2 Å². The highest BCUT2D eigenvalue weighted by atomic mass is 35.5. The summed E-state index contributed by atoms with van der Waals surface area (Å²) in [7, 11) is -3.68. The van der Waals surface area contributed by atoms with E-state index < -0.39 is 15.9 Å². The largest absolute Gasteiger partial charge is 0.354 e. The van der Waals surface area contributed by atoms with Gasteiger partial charge in [0.25, 0.3) is 0 Å². The SMILES string of the molecule is CS(=O)(=O)N(CC(=O)NCCSCc1ccccc1)c1ccc(Cl)cc1Cl. The van der Waals surface area contributed by atoms with Gasteiger partial charge in [-0.3, -0.25) is 9.10 Å². The van der Waals surface area contributed by atoms with Crippen LogP contribution >= 0.6 is 35.0 Å². The number of amides is 1. The summed E-state index contributed by atoms with van der Waals surface area (Å²) in [5, 5.41) is 3.29. The van der Waals surface area contributed by atoms with E-state index in [1.165, 1.54) is 23.8 Å². The molecule has 27 heavy (non-hydrogen) atoms. The molecule has 2 aromatic rings. The smallest absolute Gasteiger partial charge is 0.240 e. The molecule has 0 aliphatic rings. The van der Waals surface area contributed by atoms with Crippen LogP contribution in [-0.4, -0.2) is 39.4 Å². The molecule has 0 fully saturated rings. The zero-order valence-electron chi connectivity index (χ0n) is 14.7. The Labute approximate surface area is 174 Å². The van der Waals surface area contributed by atoms with Gasteiger partial charge in [0, 0.05) is 23.1 Å². The molecule has 0 unspecified atom stereocenters. The molecule has 0 saturated carbocycles. The molecular weight excluding hydrogens is 427 g/mol. The van der Waals surface area contributed by atoms with E-state index in [0.717, 1.165) is 22.1 Å². The summed E-state index contributed by atoms with van der Waals surface area (Å²) < 4.78 is 25.1. The molecule has 0 aliphatic carbocycles. The van der Waals surface area contributed by atoms with Crippen molar-refractivity contribution < 1.29 is 13.2 Å². The summed E-state index contributed by atoms with van der Waals surface area (Å²) in [6, 6.07) is 14.5. The zero-order valence-corrected chi connectivity index (χ0v) is 17.8. The molecule has 146 valence electrons. The Bertz CT molecular complexity index is 877. The highest BCUT2D eigenvalue weighted by molar-refractivity contribution is 7.98. The number of rotatable bonds is 9. The van der Waals surface area contributed by atoms with Crippen molar-refractivity contribution in [3.63, 3.8) is 0 Å². The normalized spacial score (nSPS) is 11.2. The van der Waals surface area contributed by atoms with Gasteiger partial charge in [-0.1, -0.05) is 53.5 Å². The molecule has 1 N–H and O–H groups in total. The monoisotopic (exact) mass is 446 g/mol. The number of hydrogen-bond acceptors (Lipinski definition) is 4. The van der Waals surface area contributed by atoms with E-state index in [2.05, 4.69) is 5.32 Å². The van der Waals surface area contributed by atoms with Crippen molar-refractivity contribution in [2.75, 3.05) is 29.4 Å². The van der Waals surface area contributed by atoms with E-state index in [1.54, 1.807) is 11.8 Å². The fourth-order valence-electron chi connectivity index (χ4n) is 2.28. The van der Waals surface area contributed by atoms with E-state index in [0.29, 0.717) is 11.6 Å². The highest BCUT2D eigenvalue weighted by Crippen LogP contribution is 2.30. The van der Waals surface area contributed by atoms with Gasteiger partial charge in [0.15, 0.2) is 0 Å². The second kappa shape index (κ2) is 10.2. The molecule has 0 saturated heterocycles. The highest BCUT2D eigenvalue weighted by Gasteiger charge is 2.23. The zero-order chi connectivity index (χ0) is 19.9. The minimum Gasteiger partial charge on any atom is -0.354 e. The lowest BCUT2D eigenvalue weighted by molar-refractivity contribution is -0.119. The number of carbonyl (C=O) groups excluding carboxylic acids is 1. The molecule has 1 amide bonds. The summed E-state index contributed by atoms with van der Waals surface area (Å²) in [6.45, 7) is 0.103. The van der Waals surface area contributed by atoms with E-state index in [-0.39, 0.29) is 17.3 Å². The first-order valence-electron chi connectivity index (χ1n) is 8.08. The van der Waals surface area contributed by atoms with Gasteiger partial charge in [0.05, 0.1) is 17.0 Å². The number of thioether (sulfide) groups is 1. The van der Waals surface area contributed by atoms with Crippen molar-refractivity contribution in [3.8, 4) is 0 Å². The lowest BCUT2D eigenvalue weighted by Crippen LogP contribution is -2.41. The molecule has 2 aromatic carbocycles. The Balaban J connectivity index is 1.87. The van der Waals surface area contributed by atoms with Crippen LogP contribution in [0.2, 0.25) is 10.0 Å². The predicted molar refractivity (Wildman–Crippen MR) is 114 cm³/mol. The maximum absolute atomic E-state index is 12.2. The standard InChI is InChI=1S/C18H20Cl2N2O3S2/c1-27(24,25)22(17-8-7-15(19)11-16(17)20)12-18(23)21-9-10-26-13-14-5-3-2-4-6-14/h2-8,11H,9-10,12-13H2,1H3,(H,21,23). The molecule has 0 aliphatic heterocycles. The molecule has 0 atom stereocenters. The van der Waals surface area contributed by atoms with E-state index >= 15 is 0 Å². The Hall–Kier alpha value is -1.41. The fourth-order valence-corrected chi connectivity index (χ4v) is 4.53. The third-order valence-corrected chi connectivity index (χ3v) is 6.24. The lowest BCUT2D eigenvalue weighted by Gasteiger charge is -2.23. The number of halogens is 2. The minimum atomic E-state index is -3.68. The van der Waals surface area contributed by atoms with Crippen LogP contribution in [0.5, 0.6) is 0 Å². The third kappa shape index (κ3) is 7.25. The number of carbonyl (C=O) groups is 1. The summed E-state index contributed by atoms with van der Waals surface area (Å²) in [4.78, 5) is 12.2. The number of nitrogens with one attached hydrogen (secondary N) is 1. The maximum Gasteiger partial charge on any atom is 0.240 e. The molecule has 0 radical (unpaired) electrons. The summed E-state index contributed by atoms with van der Waals surface area (Å²) in [5.41, 5.74) is 1.44. The van der Waals surface area contributed by atoms with Gasteiger partial charge in [0.2, 0.25) is 15.9 Å². The second-order valence-electron chi connectivity index (χ2n) is 5.75. The first-order chi connectivity index (χ1) is 12.8. The summed E-state index contributed by atoms with van der Waals surface area (Å²) >= 11 is 13.6. The quantitative estimate of drug-likeness (QED) is 0.594. The van der Waals surface area contributed by atoms with Crippen LogP contribution in [0.4, 0.5) is 5.69 Å². The van der Waals surface area contributed by atoms with Gasteiger partial charge < -0.3 is 5.32 Å². The summed E-state index contributed by atoms with van der Waals surface area (Å²) in [5.74, 6) is 1.18. The summed E-state index contributed by atoms with van der Waals surface area (Å²) in [6.07, 6.45) is 1.03. The van der Waals surface area contributed by atoms with Crippen molar-refractivity contribution in [3.05, 3.63) is 64.1 Å². The van der Waals surface area contributed by atoms with E-state index in [1.807, 2.05) is 30.3 Å². The van der Waals surface area contributed by atoms with Gasteiger partial charge in [-0.2, -0.15) is 11.8 Å². The van der Waals surface area contributed by atoms with Crippen LogP contribution in [0.3, 0.4) is 0 Å². The molecule has 0 heterocycles. The molecule has 9 heteroatoms. The number of sulfonamides is 1. The van der Waals surface area contributed by atoms with Crippen LogP contribution in [0, 0.1) is 0 Å². The van der Waals surface area contributed by atoms with Crippen LogP contribution in [-0.2, 0) is 20.6 Å². The molecule has 0 aromatic heterocycles.